The molecule has 1 aromatic rings. The van der Waals surface area contributed by atoms with Crippen LogP contribution in [0.4, 0.5) is 0 Å². The molecular weight excluding hydrogens is 252 g/mol. The highest BCUT2D eigenvalue weighted by molar-refractivity contribution is 5.82. The third-order valence-corrected chi connectivity index (χ3v) is 4.35. The number of carbonyl (C=O) groups is 1. The molecule has 2 unspecified atom stereocenters. The molecule has 0 spiro atoms. The second-order valence-electron chi connectivity index (χ2n) is 6.27. The molecule has 1 aromatic heterocycles. The fourth-order valence-electron chi connectivity index (χ4n) is 3.11. The Balaban J connectivity index is 1.61. The van der Waals surface area contributed by atoms with Crippen LogP contribution in [0.15, 0.2) is 6.20 Å². The maximum absolute atomic E-state index is 12.1. The molecule has 2 atom stereocenters. The van der Waals surface area contributed by atoms with Gasteiger partial charge in [0.15, 0.2) is 0 Å². The van der Waals surface area contributed by atoms with Gasteiger partial charge in [-0.25, -0.2) is 0 Å². The van der Waals surface area contributed by atoms with Crippen LogP contribution >= 0.6 is 0 Å². The third-order valence-electron chi connectivity index (χ3n) is 4.35. The van der Waals surface area contributed by atoms with E-state index in [0.717, 1.165) is 44.3 Å². The molecule has 20 heavy (non-hydrogen) atoms. The fourth-order valence-corrected chi connectivity index (χ4v) is 3.11. The molecule has 1 aliphatic carbocycles. The Morgan fingerprint density at radius 3 is 3.05 bits per heavy atom. The van der Waals surface area contributed by atoms with Gasteiger partial charge < -0.3 is 10.6 Å². The Morgan fingerprint density at radius 2 is 2.35 bits per heavy atom. The van der Waals surface area contributed by atoms with Gasteiger partial charge in [-0.2, -0.15) is 5.10 Å². The predicted molar refractivity (Wildman–Crippen MR) is 77.6 cm³/mol. The van der Waals surface area contributed by atoms with Gasteiger partial charge in [0.25, 0.3) is 0 Å². The normalized spacial score (nSPS) is 25.8. The monoisotopic (exact) mass is 276 g/mol. The Labute approximate surface area is 120 Å². The second-order valence-corrected chi connectivity index (χ2v) is 6.27. The van der Waals surface area contributed by atoms with Crippen molar-refractivity contribution < 1.29 is 4.79 Å². The summed E-state index contributed by atoms with van der Waals surface area (Å²) in [7, 11) is 0. The van der Waals surface area contributed by atoms with Crippen molar-refractivity contribution in [1.82, 2.24) is 20.4 Å². The number of carbonyl (C=O) groups excluding carboxylic acids is 1. The number of fused-ring (bicyclic) bond motifs is 1. The number of hydrogen-bond donors (Lipinski definition) is 2. The topological polar surface area (TPSA) is 59.0 Å². The molecule has 3 rings (SSSR count). The molecule has 0 radical (unpaired) electrons. The van der Waals surface area contributed by atoms with E-state index in [2.05, 4.69) is 35.8 Å². The van der Waals surface area contributed by atoms with Crippen LogP contribution in [0.3, 0.4) is 0 Å². The lowest BCUT2D eigenvalue weighted by molar-refractivity contribution is -0.123. The molecule has 110 valence electrons. The SMILES string of the molecule is CC(C)n1cc2c(n1)CC(NC(=O)C1CCCN1)CC2. The smallest absolute Gasteiger partial charge is 0.237 e. The summed E-state index contributed by atoms with van der Waals surface area (Å²) in [5, 5.41) is 11.1. The Kier molecular flexibility index (Phi) is 3.78. The average Bonchev–Trinajstić information content (AvgIpc) is 3.07. The van der Waals surface area contributed by atoms with E-state index in [0.29, 0.717) is 6.04 Å². The minimum Gasteiger partial charge on any atom is -0.352 e. The first-order valence-corrected chi connectivity index (χ1v) is 7.74. The van der Waals surface area contributed by atoms with Gasteiger partial charge in [0.05, 0.1) is 11.7 Å². The van der Waals surface area contributed by atoms with Gasteiger partial charge in [0.1, 0.15) is 0 Å². The van der Waals surface area contributed by atoms with Gasteiger partial charge in [0, 0.05) is 24.7 Å². The lowest BCUT2D eigenvalue weighted by atomic mass is 9.93. The van der Waals surface area contributed by atoms with Gasteiger partial charge >= 0.3 is 0 Å². The molecule has 5 nitrogen and oxygen atoms in total. The molecule has 1 fully saturated rings. The van der Waals surface area contributed by atoms with Crippen LogP contribution < -0.4 is 10.6 Å². The van der Waals surface area contributed by atoms with E-state index in [-0.39, 0.29) is 18.0 Å². The van der Waals surface area contributed by atoms with Crippen LogP contribution in [0.25, 0.3) is 0 Å². The highest BCUT2D eigenvalue weighted by Gasteiger charge is 2.27. The van der Waals surface area contributed by atoms with Crippen LogP contribution in [-0.2, 0) is 17.6 Å². The molecule has 0 saturated carbocycles. The van der Waals surface area contributed by atoms with Crippen molar-refractivity contribution in [2.45, 2.75) is 64.1 Å². The molecule has 0 aromatic carbocycles. The largest absolute Gasteiger partial charge is 0.352 e. The molecule has 2 aliphatic rings. The summed E-state index contributed by atoms with van der Waals surface area (Å²) in [5.74, 6) is 0.166. The summed E-state index contributed by atoms with van der Waals surface area (Å²) in [6, 6.07) is 0.661. The van der Waals surface area contributed by atoms with Crippen molar-refractivity contribution in [3.05, 3.63) is 17.5 Å². The van der Waals surface area contributed by atoms with Crippen molar-refractivity contribution in [2.24, 2.45) is 0 Å². The van der Waals surface area contributed by atoms with E-state index < -0.39 is 0 Å². The Morgan fingerprint density at radius 1 is 1.50 bits per heavy atom. The Hall–Kier alpha value is -1.36. The summed E-state index contributed by atoms with van der Waals surface area (Å²) in [4.78, 5) is 12.1. The van der Waals surface area contributed by atoms with Gasteiger partial charge in [-0.05, 0) is 51.6 Å². The second kappa shape index (κ2) is 5.56. The van der Waals surface area contributed by atoms with Crippen LogP contribution in [0.1, 0.15) is 50.4 Å². The molecule has 1 saturated heterocycles. The minimum atomic E-state index is 0.0182. The van der Waals surface area contributed by atoms with Crippen LogP contribution in [0.2, 0.25) is 0 Å². The number of nitrogens with one attached hydrogen (secondary N) is 2. The standard InChI is InChI=1S/C15H24N4O/c1-10(2)19-9-11-5-6-12(8-14(11)18-19)17-15(20)13-4-3-7-16-13/h9-10,12-13,16H,3-8H2,1-2H3,(H,17,20). The third kappa shape index (κ3) is 2.73. The lowest BCUT2D eigenvalue weighted by Crippen LogP contribution is -2.47. The molecule has 2 heterocycles. The molecule has 0 bridgehead atoms. The van der Waals surface area contributed by atoms with Crippen LogP contribution in [-0.4, -0.2) is 34.3 Å². The van der Waals surface area contributed by atoms with E-state index in [1.165, 1.54) is 5.56 Å². The number of hydrogen-bond acceptors (Lipinski definition) is 3. The maximum atomic E-state index is 12.1. The highest BCUT2D eigenvalue weighted by atomic mass is 16.2. The van der Waals surface area contributed by atoms with E-state index in [9.17, 15) is 4.79 Å². The van der Waals surface area contributed by atoms with Gasteiger partial charge in [0.2, 0.25) is 5.91 Å². The highest BCUT2D eigenvalue weighted by Crippen LogP contribution is 2.22. The zero-order valence-corrected chi connectivity index (χ0v) is 12.4. The van der Waals surface area contributed by atoms with E-state index in [4.69, 9.17) is 0 Å². The number of aromatic nitrogens is 2. The molecule has 5 heteroatoms. The molecule has 2 N–H and O–H groups in total. The summed E-state index contributed by atoms with van der Waals surface area (Å²) < 4.78 is 2.04. The lowest BCUT2D eigenvalue weighted by Gasteiger charge is -2.24. The first-order chi connectivity index (χ1) is 9.63. The quantitative estimate of drug-likeness (QED) is 0.872. The molecule has 1 aliphatic heterocycles. The summed E-state index contributed by atoms with van der Waals surface area (Å²) in [6.45, 7) is 5.25. The summed E-state index contributed by atoms with van der Waals surface area (Å²) in [5.41, 5.74) is 2.51. The van der Waals surface area contributed by atoms with Crippen LogP contribution in [0, 0.1) is 0 Å². The van der Waals surface area contributed by atoms with Crippen molar-refractivity contribution in [2.75, 3.05) is 6.54 Å². The van der Waals surface area contributed by atoms with Crippen molar-refractivity contribution in [3.63, 3.8) is 0 Å². The summed E-state index contributed by atoms with van der Waals surface area (Å²) in [6.07, 6.45) is 7.14. The van der Waals surface area contributed by atoms with Crippen molar-refractivity contribution in [1.29, 1.82) is 0 Å². The predicted octanol–water partition coefficient (Wildman–Crippen LogP) is 1.19. The van der Waals surface area contributed by atoms with E-state index in [1.807, 2.05) is 4.68 Å². The number of amides is 1. The van der Waals surface area contributed by atoms with Gasteiger partial charge in [-0.1, -0.05) is 0 Å². The molecular formula is C15H24N4O. The average molecular weight is 276 g/mol. The number of aryl methyl sites for hydroxylation is 1. The van der Waals surface area contributed by atoms with E-state index in [1.54, 1.807) is 0 Å². The molecule has 1 amide bonds. The van der Waals surface area contributed by atoms with Crippen LogP contribution in [0.5, 0.6) is 0 Å². The van der Waals surface area contributed by atoms with E-state index >= 15 is 0 Å². The zero-order valence-electron chi connectivity index (χ0n) is 12.4. The summed E-state index contributed by atoms with van der Waals surface area (Å²) >= 11 is 0. The fraction of sp³-hybridized carbons (Fsp3) is 0.733. The van der Waals surface area contributed by atoms with Crippen molar-refractivity contribution >= 4 is 5.91 Å². The maximum Gasteiger partial charge on any atom is 0.237 e. The van der Waals surface area contributed by atoms with Gasteiger partial charge in [-0.15, -0.1) is 0 Å². The zero-order chi connectivity index (χ0) is 14.1. The van der Waals surface area contributed by atoms with Crippen molar-refractivity contribution in [3.8, 4) is 0 Å². The first kappa shape index (κ1) is 13.6. The number of rotatable bonds is 3. The number of nitrogens with zero attached hydrogens (tertiary/aromatic N) is 2. The first-order valence-electron chi connectivity index (χ1n) is 7.74. The Bertz CT molecular complexity index is 488. The minimum absolute atomic E-state index is 0.0182. The van der Waals surface area contributed by atoms with Gasteiger partial charge in [-0.3, -0.25) is 9.48 Å².